The number of phosphoric ester groups is 1. The molecule has 3 atom stereocenters. The molecule has 0 aromatic carbocycles. The quantitative estimate of drug-likeness (QED) is 0.0212. The Morgan fingerprint density at radius 2 is 0.735 bits per heavy atom. The summed E-state index contributed by atoms with van der Waals surface area (Å²) in [7, 11) is 1.20. The number of rotatable bonds is 66. The Balaban J connectivity index is 4.95. The van der Waals surface area contributed by atoms with Crippen molar-refractivity contribution in [2.75, 3.05) is 40.9 Å². The summed E-state index contributed by atoms with van der Waals surface area (Å²) in [6.07, 6.45) is 79.5. The number of ether oxygens (including phenoxy) is 1. The number of carbonyl (C=O) groups excluding carboxylic acids is 2. The van der Waals surface area contributed by atoms with Crippen LogP contribution in [0.4, 0.5) is 0 Å². The number of esters is 1. The van der Waals surface area contributed by atoms with Crippen LogP contribution in [0.1, 0.15) is 355 Å². The zero-order valence-electron chi connectivity index (χ0n) is 55.9. The van der Waals surface area contributed by atoms with Crippen molar-refractivity contribution in [2.45, 2.75) is 367 Å². The van der Waals surface area contributed by atoms with Crippen LogP contribution in [0.2, 0.25) is 0 Å². The zero-order chi connectivity index (χ0) is 60.7. The van der Waals surface area contributed by atoms with E-state index >= 15 is 0 Å². The number of quaternary nitrogens is 1. The molecule has 0 aromatic heterocycles. The van der Waals surface area contributed by atoms with Gasteiger partial charge in [0.15, 0.2) is 0 Å². The van der Waals surface area contributed by atoms with Crippen LogP contribution in [-0.2, 0) is 27.9 Å². The van der Waals surface area contributed by atoms with Crippen LogP contribution < -0.4 is 10.2 Å². The summed E-state index contributed by atoms with van der Waals surface area (Å²) in [6, 6.07) is -0.887. The fourth-order valence-electron chi connectivity index (χ4n) is 10.7. The molecule has 10 heteroatoms. The maximum Gasteiger partial charge on any atom is 0.306 e. The Kier molecular flexibility index (Phi) is 61.5. The SMILES string of the molecule is CCCCC/C=C\C/C=C\CCCCCCCCCCCCCCCCCCCC(=O)NC(COP(=O)([O-])OCC[N+](C)(C)C)C(/C=C\CCCCCCCCCCC)OC(=O)CCCCCCCCCCC/C=C/CCCCCCCC. The van der Waals surface area contributed by atoms with E-state index in [1.54, 1.807) is 0 Å². The first-order valence-electron chi connectivity index (χ1n) is 35.9. The highest BCUT2D eigenvalue weighted by molar-refractivity contribution is 7.45. The van der Waals surface area contributed by atoms with E-state index in [9.17, 15) is 19.0 Å². The predicted octanol–water partition coefficient (Wildman–Crippen LogP) is 22.2. The van der Waals surface area contributed by atoms with Gasteiger partial charge in [0.05, 0.1) is 33.8 Å². The summed E-state index contributed by atoms with van der Waals surface area (Å²) in [5.41, 5.74) is 0. The van der Waals surface area contributed by atoms with Gasteiger partial charge in [0, 0.05) is 12.8 Å². The third-order valence-corrected chi connectivity index (χ3v) is 17.2. The summed E-state index contributed by atoms with van der Waals surface area (Å²) in [5.74, 6) is -0.528. The number of hydrogen-bond acceptors (Lipinski definition) is 7. The highest BCUT2D eigenvalue weighted by Gasteiger charge is 2.27. The lowest BCUT2D eigenvalue weighted by Crippen LogP contribution is -2.47. The maximum atomic E-state index is 13.6. The molecule has 0 aliphatic carbocycles. The third-order valence-electron chi connectivity index (χ3n) is 16.2. The standard InChI is InChI=1S/C73H139N2O7P/c1-7-10-13-16-19-22-25-27-29-31-33-34-35-36-37-38-39-40-42-43-45-47-50-53-56-59-62-65-72(76)74-70(69-81-83(78,79)80-68-67-75(4,5)6)71(64-61-58-55-52-49-24-21-18-15-12-9-3)82-73(77)66-63-60-57-54-51-48-46-44-41-32-30-28-26-23-20-17-14-11-8-2/h19,22,27-30,61,64,70-71H,7-18,20-21,23-26,31-60,62-63,65-69H2,1-6H3,(H-,74,76,78,79)/b22-19-,29-27-,30-28+,64-61-. The van der Waals surface area contributed by atoms with Gasteiger partial charge in [0.25, 0.3) is 7.82 Å². The largest absolute Gasteiger partial charge is 0.756 e. The Bertz CT molecular complexity index is 1560. The number of unbranched alkanes of at least 4 members (excludes halogenated alkanes) is 44. The summed E-state index contributed by atoms with van der Waals surface area (Å²) in [6.45, 7) is 6.86. The molecule has 0 aliphatic rings. The van der Waals surface area contributed by atoms with Crippen LogP contribution in [0.5, 0.6) is 0 Å². The zero-order valence-corrected chi connectivity index (χ0v) is 56.8. The molecule has 1 amide bonds. The normalized spacial score (nSPS) is 13.8. The average Bonchev–Trinajstić information content (AvgIpc) is 3.51. The monoisotopic (exact) mass is 1190 g/mol. The number of nitrogens with one attached hydrogen (secondary N) is 1. The minimum absolute atomic E-state index is 0.0208. The van der Waals surface area contributed by atoms with Gasteiger partial charge in [0.2, 0.25) is 5.91 Å². The summed E-state index contributed by atoms with van der Waals surface area (Å²) in [5, 5.41) is 3.05. The molecule has 0 aliphatic heterocycles. The molecule has 83 heavy (non-hydrogen) atoms. The lowest BCUT2D eigenvalue weighted by atomic mass is 10.0. The van der Waals surface area contributed by atoms with Gasteiger partial charge in [-0.3, -0.25) is 14.2 Å². The van der Waals surface area contributed by atoms with Crippen molar-refractivity contribution >= 4 is 19.7 Å². The lowest BCUT2D eigenvalue weighted by Gasteiger charge is -2.30. The number of phosphoric acid groups is 1. The van der Waals surface area contributed by atoms with Crippen LogP contribution in [0, 0.1) is 0 Å². The first-order chi connectivity index (χ1) is 40.4. The van der Waals surface area contributed by atoms with Gasteiger partial charge in [0.1, 0.15) is 19.3 Å². The van der Waals surface area contributed by atoms with E-state index in [0.717, 1.165) is 64.2 Å². The van der Waals surface area contributed by atoms with Gasteiger partial charge in [-0.1, -0.05) is 301 Å². The van der Waals surface area contributed by atoms with Gasteiger partial charge in [-0.15, -0.1) is 0 Å². The van der Waals surface area contributed by atoms with Crippen molar-refractivity contribution in [1.82, 2.24) is 5.32 Å². The minimum Gasteiger partial charge on any atom is -0.756 e. The first-order valence-corrected chi connectivity index (χ1v) is 37.4. The molecule has 0 saturated carbocycles. The smallest absolute Gasteiger partial charge is 0.306 e. The van der Waals surface area contributed by atoms with Crippen LogP contribution in [0.25, 0.3) is 0 Å². The first kappa shape index (κ1) is 81.0. The Morgan fingerprint density at radius 1 is 0.422 bits per heavy atom. The average molecular weight is 1190 g/mol. The van der Waals surface area contributed by atoms with Crippen LogP contribution in [0.3, 0.4) is 0 Å². The van der Waals surface area contributed by atoms with E-state index in [-0.39, 0.29) is 31.5 Å². The number of allylic oxidation sites excluding steroid dienone is 7. The minimum atomic E-state index is -4.70. The fraction of sp³-hybridized carbons (Fsp3) is 0.863. The van der Waals surface area contributed by atoms with Gasteiger partial charge in [-0.05, 0) is 89.5 Å². The Hall–Kier alpha value is -2.03. The molecule has 0 saturated heterocycles. The van der Waals surface area contributed by atoms with E-state index in [0.29, 0.717) is 17.4 Å². The number of hydrogen-bond donors (Lipinski definition) is 1. The second-order valence-electron chi connectivity index (χ2n) is 25.7. The number of nitrogens with zero attached hydrogens (tertiary/aromatic N) is 1. The third kappa shape index (κ3) is 64.3. The molecule has 9 nitrogen and oxygen atoms in total. The van der Waals surface area contributed by atoms with Crippen molar-refractivity contribution in [3.05, 3.63) is 48.6 Å². The highest BCUT2D eigenvalue weighted by Crippen LogP contribution is 2.38. The molecule has 0 heterocycles. The molecule has 3 unspecified atom stereocenters. The van der Waals surface area contributed by atoms with Crippen LogP contribution >= 0.6 is 7.82 Å². The molecule has 0 fully saturated rings. The van der Waals surface area contributed by atoms with Gasteiger partial charge >= 0.3 is 5.97 Å². The van der Waals surface area contributed by atoms with E-state index in [1.165, 1.54) is 257 Å². The molecule has 0 rings (SSSR count). The Labute approximate surface area is 516 Å². The number of likely N-dealkylation sites (N-methyl/N-ethyl adjacent to an activating group) is 1. The van der Waals surface area contributed by atoms with Gasteiger partial charge in [-0.2, -0.15) is 0 Å². The molecule has 0 spiro atoms. The second-order valence-corrected chi connectivity index (χ2v) is 27.1. The lowest BCUT2D eigenvalue weighted by molar-refractivity contribution is -0.870. The van der Waals surface area contributed by atoms with Crippen LogP contribution in [0.15, 0.2) is 48.6 Å². The molecular weight excluding hydrogens is 1050 g/mol. The van der Waals surface area contributed by atoms with Crippen molar-refractivity contribution in [3.8, 4) is 0 Å². The van der Waals surface area contributed by atoms with E-state index in [2.05, 4.69) is 62.5 Å². The van der Waals surface area contributed by atoms with Crippen molar-refractivity contribution in [1.29, 1.82) is 0 Å². The second kappa shape index (κ2) is 63.0. The maximum absolute atomic E-state index is 13.6. The van der Waals surface area contributed by atoms with Gasteiger partial charge < -0.3 is 28.5 Å². The predicted molar refractivity (Wildman–Crippen MR) is 358 cm³/mol. The topological polar surface area (TPSA) is 114 Å². The molecule has 0 aromatic rings. The van der Waals surface area contributed by atoms with Crippen molar-refractivity contribution in [3.63, 3.8) is 0 Å². The van der Waals surface area contributed by atoms with E-state index in [1.807, 2.05) is 33.3 Å². The summed E-state index contributed by atoms with van der Waals surface area (Å²) >= 11 is 0. The van der Waals surface area contributed by atoms with Gasteiger partial charge in [-0.25, -0.2) is 0 Å². The number of amides is 1. The van der Waals surface area contributed by atoms with E-state index < -0.39 is 20.0 Å². The van der Waals surface area contributed by atoms with Crippen molar-refractivity contribution < 1.29 is 37.3 Å². The fourth-order valence-corrected chi connectivity index (χ4v) is 11.4. The molecule has 1 N–H and O–H groups in total. The summed E-state index contributed by atoms with van der Waals surface area (Å²) in [4.78, 5) is 40.1. The highest BCUT2D eigenvalue weighted by atomic mass is 31.2. The van der Waals surface area contributed by atoms with Crippen LogP contribution in [-0.4, -0.2) is 69.4 Å². The molecular formula is C73H139N2O7P. The molecule has 0 bridgehead atoms. The summed E-state index contributed by atoms with van der Waals surface area (Å²) < 4.78 is 30.4. The number of carbonyl (C=O) groups is 2. The molecule has 0 radical (unpaired) electrons. The molecule has 488 valence electrons. The van der Waals surface area contributed by atoms with E-state index in [4.69, 9.17) is 13.8 Å². The Morgan fingerprint density at radius 3 is 1.12 bits per heavy atom. The van der Waals surface area contributed by atoms with Crippen molar-refractivity contribution in [2.24, 2.45) is 0 Å².